The fourth-order valence-electron chi connectivity index (χ4n) is 2.71. The summed E-state index contributed by atoms with van der Waals surface area (Å²) < 4.78 is 10.4. The lowest BCUT2D eigenvalue weighted by molar-refractivity contribution is -0.383. The number of ether oxygens (including phenoxy) is 2. The van der Waals surface area contributed by atoms with Crippen molar-refractivity contribution in [2.24, 2.45) is 0 Å². The van der Waals surface area contributed by atoms with Crippen LogP contribution in [0.3, 0.4) is 0 Å². The Balaban J connectivity index is 1.88. The van der Waals surface area contributed by atoms with Crippen molar-refractivity contribution in [2.75, 3.05) is 25.0 Å². The SMILES string of the molecule is COc1cc(OC)c(Nc2ncnc(NNC(=O)c3ccc(C)cc3)c2[N+](=O)[O-])cc1Cl. The topological polar surface area (TPSA) is 141 Å². The molecule has 3 aromatic rings. The number of hydrogen-bond donors (Lipinski definition) is 3. The third-order valence-electron chi connectivity index (χ3n) is 4.34. The Hall–Kier alpha value is -4.12. The van der Waals surface area contributed by atoms with Crippen molar-refractivity contribution in [3.63, 3.8) is 0 Å². The Morgan fingerprint density at radius 3 is 2.34 bits per heavy atom. The van der Waals surface area contributed by atoms with E-state index in [2.05, 4.69) is 26.1 Å². The first-order valence-electron chi connectivity index (χ1n) is 9.15. The summed E-state index contributed by atoms with van der Waals surface area (Å²) in [6, 6.07) is 9.83. The second-order valence-corrected chi connectivity index (χ2v) is 6.84. The number of methoxy groups -OCH3 is 2. The van der Waals surface area contributed by atoms with Gasteiger partial charge in [0.15, 0.2) is 0 Å². The monoisotopic (exact) mass is 458 g/mol. The zero-order valence-electron chi connectivity index (χ0n) is 17.3. The van der Waals surface area contributed by atoms with Crippen LogP contribution in [-0.4, -0.2) is 35.0 Å². The maximum Gasteiger partial charge on any atom is 0.355 e. The van der Waals surface area contributed by atoms with Crippen molar-refractivity contribution in [3.05, 3.63) is 69.0 Å². The number of aromatic nitrogens is 2. The van der Waals surface area contributed by atoms with Gasteiger partial charge in [-0.2, -0.15) is 0 Å². The standard InChI is InChI=1S/C20H19ClN6O5/c1-11-4-6-12(7-5-11)20(28)26-25-19-17(27(29)30)18(22-10-23-19)24-14-8-13(21)15(31-2)9-16(14)32-3/h4-10H,1-3H3,(H,26,28)(H2,22,23,24,25). The van der Waals surface area contributed by atoms with Gasteiger partial charge in [0, 0.05) is 11.6 Å². The number of rotatable bonds is 8. The molecule has 3 N–H and O–H groups in total. The number of nitrogens with one attached hydrogen (secondary N) is 3. The fourth-order valence-corrected chi connectivity index (χ4v) is 2.95. The summed E-state index contributed by atoms with van der Waals surface area (Å²) in [5.41, 5.74) is 6.06. The summed E-state index contributed by atoms with van der Waals surface area (Å²) in [4.78, 5) is 31.2. The van der Waals surface area contributed by atoms with E-state index in [0.29, 0.717) is 22.7 Å². The van der Waals surface area contributed by atoms with E-state index in [1.807, 2.05) is 6.92 Å². The van der Waals surface area contributed by atoms with Crippen molar-refractivity contribution < 1.29 is 19.2 Å². The van der Waals surface area contributed by atoms with Gasteiger partial charge < -0.3 is 14.8 Å². The highest BCUT2D eigenvalue weighted by molar-refractivity contribution is 6.32. The molecule has 0 saturated carbocycles. The minimum atomic E-state index is -0.680. The number of carbonyl (C=O) groups is 1. The highest BCUT2D eigenvalue weighted by atomic mass is 35.5. The summed E-state index contributed by atoms with van der Waals surface area (Å²) in [5.74, 6) is -0.159. The van der Waals surface area contributed by atoms with E-state index in [1.54, 1.807) is 24.3 Å². The minimum absolute atomic E-state index is 0.142. The lowest BCUT2D eigenvalue weighted by Crippen LogP contribution is -2.30. The molecule has 1 heterocycles. The zero-order valence-corrected chi connectivity index (χ0v) is 18.1. The van der Waals surface area contributed by atoms with Gasteiger partial charge in [-0.25, -0.2) is 9.97 Å². The van der Waals surface area contributed by atoms with Gasteiger partial charge in [-0.05, 0) is 25.1 Å². The average molecular weight is 459 g/mol. The van der Waals surface area contributed by atoms with E-state index in [1.165, 1.54) is 26.4 Å². The smallest absolute Gasteiger partial charge is 0.355 e. The summed E-state index contributed by atoms with van der Waals surface area (Å²) in [5, 5.41) is 14.8. The van der Waals surface area contributed by atoms with Crippen LogP contribution in [0.1, 0.15) is 15.9 Å². The maximum atomic E-state index is 12.3. The van der Waals surface area contributed by atoms with Crippen LogP contribution < -0.4 is 25.6 Å². The lowest BCUT2D eigenvalue weighted by atomic mass is 10.1. The van der Waals surface area contributed by atoms with Gasteiger partial charge in [0.2, 0.25) is 11.6 Å². The van der Waals surface area contributed by atoms with Crippen molar-refractivity contribution >= 4 is 40.5 Å². The number of anilines is 3. The Morgan fingerprint density at radius 1 is 1.06 bits per heavy atom. The normalized spacial score (nSPS) is 10.2. The Bertz CT molecular complexity index is 1160. The maximum absolute atomic E-state index is 12.3. The molecule has 0 bridgehead atoms. The van der Waals surface area contributed by atoms with E-state index >= 15 is 0 Å². The third kappa shape index (κ3) is 4.95. The van der Waals surface area contributed by atoms with E-state index in [0.717, 1.165) is 11.9 Å². The van der Waals surface area contributed by atoms with Crippen molar-refractivity contribution in [1.29, 1.82) is 0 Å². The zero-order chi connectivity index (χ0) is 23.3. The number of nitrogens with zero attached hydrogens (tertiary/aromatic N) is 3. The number of halogens is 1. The number of carbonyl (C=O) groups excluding carboxylic acids is 1. The summed E-state index contributed by atoms with van der Waals surface area (Å²) in [6.45, 7) is 1.89. The number of nitro groups is 1. The van der Waals surface area contributed by atoms with Crippen LogP contribution in [0.2, 0.25) is 5.02 Å². The molecule has 1 amide bonds. The first-order valence-corrected chi connectivity index (χ1v) is 9.52. The van der Waals surface area contributed by atoms with E-state index in [-0.39, 0.29) is 16.7 Å². The van der Waals surface area contributed by atoms with Crippen LogP contribution in [0, 0.1) is 17.0 Å². The molecular formula is C20H19ClN6O5. The average Bonchev–Trinajstić information content (AvgIpc) is 2.78. The molecule has 0 aliphatic rings. The number of hydrazine groups is 1. The summed E-state index contributed by atoms with van der Waals surface area (Å²) in [6.07, 6.45) is 1.10. The van der Waals surface area contributed by atoms with Gasteiger partial charge in [0.25, 0.3) is 5.91 Å². The predicted molar refractivity (Wildman–Crippen MR) is 119 cm³/mol. The third-order valence-corrected chi connectivity index (χ3v) is 4.64. The van der Waals surface area contributed by atoms with Gasteiger partial charge in [-0.1, -0.05) is 29.3 Å². The molecule has 0 radical (unpaired) electrons. The number of aryl methyl sites for hydroxylation is 1. The Kier molecular flexibility index (Phi) is 6.90. The first kappa shape index (κ1) is 22.6. The van der Waals surface area contributed by atoms with Crippen molar-refractivity contribution in [2.45, 2.75) is 6.92 Å². The molecule has 12 heteroatoms. The van der Waals surface area contributed by atoms with Crippen molar-refractivity contribution in [3.8, 4) is 11.5 Å². The Morgan fingerprint density at radius 2 is 1.72 bits per heavy atom. The number of benzene rings is 2. The molecule has 3 rings (SSSR count). The number of amides is 1. The molecule has 0 unspecified atom stereocenters. The van der Waals surface area contributed by atoms with Gasteiger partial charge in [0.1, 0.15) is 17.8 Å². The molecule has 0 aliphatic heterocycles. The highest BCUT2D eigenvalue weighted by Gasteiger charge is 2.25. The van der Waals surface area contributed by atoms with Crippen LogP contribution in [0.15, 0.2) is 42.7 Å². The largest absolute Gasteiger partial charge is 0.495 e. The van der Waals surface area contributed by atoms with E-state index in [4.69, 9.17) is 21.1 Å². The molecule has 32 heavy (non-hydrogen) atoms. The van der Waals surface area contributed by atoms with Crippen LogP contribution in [0.4, 0.5) is 23.0 Å². The minimum Gasteiger partial charge on any atom is -0.495 e. The summed E-state index contributed by atoms with van der Waals surface area (Å²) >= 11 is 6.16. The second-order valence-electron chi connectivity index (χ2n) is 6.43. The van der Waals surface area contributed by atoms with Gasteiger partial charge >= 0.3 is 5.69 Å². The van der Waals surface area contributed by atoms with Crippen LogP contribution in [0.25, 0.3) is 0 Å². The van der Waals surface area contributed by atoms with Crippen LogP contribution >= 0.6 is 11.6 Å². The number of hydrogen-bond acceptors (Lipinski definition) is 9. The molecule has 2 aromatic carbocycles. The molecule has 166 valence electrons. The van der Waals surface area contributed by atoms with Crippen LogP contribution in [-0.2, 0) is 0 Å². The molecule has 1 aromatic heterocycles. The van der Waals surface area contributed by atoms with Crippen LogP contribution in [0.5, 0.6) is 11.5 Å². The molecule has 11 nitrogen and oxygen atoms in total. The Labute approximate surface area is 187 Å². The molecule has 0 spiro atoms. The van der Waals surface area contributed by atoms with Gasteiger partial charge in [-0.15, -0.1) is 0 Å². The second kappa shape index (κ2) is 9.79. The van der Waals surface area contributed by atoms with Crippen molar-refractivity contribution in [1.82, 2.24) is 15.4 Å². The van der Waals surface area contributed by atoms with Gasteiger partial charge in [-0.3, -0.25) is 25.8 Å². The van der Waals surface area contributed by atoms with E-state index in [9.17, 15) is 14.9 Å². The fraction of sp³-hybridized carbons (Fsp3) is 0.150. The molecular weight excluding hydrogens is 440 g/mol. The molecule has 0 atom stereocenters. The first-order chi connectivity index (χ1) is 15.3. The highest BCUT2D eigenvalue weighted by Crippen LogP contribution is 2.39. The molecule has 0 aliphatic carbocycles. The van der Waals surface area contributed by atoms with E-state index < -0.39 is 16.5 Å². The quantitative estimate of drug-likeness (QED) is 0.339. The molecule has 0 saturated heterocycles. The predicted octanol–water partition coefficient (Wildman–Crippen LogP) is 3.86. The lowest BCUT2D eigenvalue weighted by Gasteiger charge is -2.14. The van der Waals surface area contributed by atoms with Gasteiger partial charge in [0.05, 0.1) is 29.9 Å². The molecule has 0 fully saturated rings. The summed E-state index contributed by atoms with van der Waals surface area (Å²) in [7, 11) is 2.88.